The maximum Gasteiger partial charge on any atom is 0.294 e. The Balaban J connectivity index is 1.83. The van der Waals surface area contributed by atoms with E-state index in [1.807, 2.05) is 11.8 Å². The SMILES string of the molecule is CCCc1nc(Cc2cc(S(=O)(=O)O)cc3cc(S(=O)(=O)O)ccc23)nc(N2CCOCC2)n1. The van der Waals surface area contributed by atoms with Crippen LogP contribution in [0.1, 0.15) is 30.6 Å². The van der Waals surface area contributed by atoms with Crippen LogP contribution in [0, 0.1) is 0 Å². The van der Waals surface area contributed by atoms with E-state index in [0.29, 0.717) is 61.3 Å². The number of hydrogen-bond acceptors (Lipinski definition) is 9. The molecule has 0 bridgehead atoms. The number of rotatable bonds is 7. The van der Waals surface area contributed by atoms with Crippen molar-refractivity contribution in [2.45, 2.75) is 36.0 Å². The first-order chi connectivity index (χ1) is 16.0. The Bertz CT molecular complexity index is 1430. The van der Waals surface area contributed by atoms with Gasteiger partial charge >= 0.3 is 0 Å². The van der Waals surface area contributed by atoms with Crippen LogP contribution in [0.5, 0.6) is 0 Å². The van der Waals surface area contributed by atoms with Crippen molar-refractivity contribution in [3.63, 3.8) is 0 Å². The second-order valence-electron chi connectivity index (χ2n) is 7.91. The van der Waals surface area contributed by atoms with Crippen LogP contribution in [0.15, 0.2) is 40.1 Å². The molecular weight excluding hydrogens is 484 g/mol. The summed E-state index contributed by atoms with van der Waals surface area (Å²) in [4.78, 5) is 14.9. The van der Waals surface area contributed by atoms with E-state index >= 15 is 0 Å². The van der Waals surface area contributed by atoms with Crippen molar-refractivity contribution in [1.82, 2.24) is 15.0 Å². The summed E-state index contributed by atoms with van der Waals surface area (Å²) in [6.07, 6.45) is 1.57. The third-order valence-corrected chi connectivity index (χ3v) is 7.09. The van der Waals surface area contributed by atoms with Gasteiger partial charge < -0.3 is 9.64 Å². The lowest BCUT2D eigenvalue weighted by Gasteiger charge is -2.27. The summed E-state index contributed by atoms with van der Waals surface area (Å²) < 4.78 is 71.3. The molecule has 1 aromatic heterocycles. The van der Waals surface area contributed by atoms with Crippen LogP contribution in [-0.4, -0.2) is 67.2 Å². The van der Waals surface area contributed by atoms with Crippen LogP contribution >= 0.6 is 0 Å². The molecule has 1 aliphatic rings. The number of aromatic nitrogens is 3. The summed E-state index contributed by atoms with van der Waals surface area (Å²) in [5.41, 5.74) is 0.466. The van der Waals surface area contributed by atoms with Crippen LogP contribution in [-0.2, 0) is 37.8 Å². The van der Waals surface area contributed by atoms with Crippen molar-refractivity contribution in [2.75, 3.05) is 31.2 Å². The van der Waals surface area contributed by atoms with E-state index in [-0.39, 0.29) is 11.8 Å². The molecular formula is C21H24N4O7S2. The van der Waals surface area contributed by atoms with Gasteiger partial charge in [-0.3, -0.25) is 9.11 Å². The first-order valence-electron chi connectivity index (χ1n) is 10.6. The molecule has 2 heterocycles. The lowest BCUT2D eigenvalue weighted by molar-refractivity contribution is 0.122. The highest BCUT2D eigenvalue weighted by Gasteiger charge is 2.20. The first-order valence-corrected chi connectivity index (χ1v) is 13.5. The average molecular weight is 509 g/mol. The van der Waals surface area contributed by atoms with Crippen molar-refractivity contribution in [1.29, 1.82) is 0 Å². The molecule has 3 aromatic rings. The molecule has 2 aromatic carbocycles. The zero-order valence-electron chi connectivity index (χ0n) is 18.4. The van der Waals surface area contributed by atoms with Crippen LogP contribution in [0.25, 0.3) is 10.8 Å². The Labute approximate surface area is 197 Å². The van der Waals surface area contributed by atoms with E-state index in [9.17, 15) is 25.9 Å². The third kappa shape index (κ3) is 5.50. The van der Waals surface area contributed by atoms with E-state index in [2.05, 4.69) is 15.0 Å². The fourth-order valence-electron chi connectivity index (χ4n) is 3.80. The number of nitrogens with zero attached hydrogens (tertiary/aromatic N) is 4. The van der Waals surface area contributed by atoms with Crippen molar-refractivity contribution in [3.8, 4) is 0 Å². The van der Waals surface area contributed by atoms with Crippen molar-refractivity contribution >= 4 is 37.0 Å². The quantitative estimate of drug-likeness (QED) is 0.449. The number of aryl methyl sites for hydroxylation is 1. The molecule has 182 valence electrons. The number of hydrogen-bond donors (Lipinski definition) is 2. The standard InChI is InChI=1S/C21H24N4O7S2/c1-2-3-19-22-20(24-21(23-19)25-6-8-32-9-7-25)13-15-12-17(34(29,30)31)11-14-10-16(33(26,27)28)4-5-18(14)15/h4-5,10-12H,2-3,6-9,13H2,1H3,(H,26,27,28)(H,29,30,31). The zero-order chi connectivity index (χ0) is 24.5. The van der Waals surface area contributed by atoms with E-state index in [0.717, 1.165) is 18.6 Å². The molecule has 4 rings (SSSR count). The van der Waals surface area contributed by atoms with E-state index in [1.165, 1.54) is 18.2 Å². The minimum atomic E-state index is -4.59. The van der Waals surface area contributed by atoms with Gasteiger partial charge in [0.05, 0.1) is 23.0 Å². The molecule has 0 aliphatic carbocycles. The molecule has 0 radical (unpaired) electrons. The number of fused-ring (bicyclic) bond motifs is 1. The second-order valence-corrected chi connectivity index (χ2v) is 10.8. The fraction of sp³-hybridized carbons (Fsp3) is 0.381. The summed E-state index contributed by atoms with van der Waals surface area (Å²) in [7, 11) is -9.09. The van der Waals surface area contributed by atoms with Gasteiger partial charge in [0, 0.05) is 25.9 Å². The van der Waals surface area contributed by atoms with Gasteiger partial charge in [-0.15, -0.1) is 0 Å². The maximum atomic E-state index is 11.9. The van der Waals surface area contributed by atoms with Gasteiger partial charge in [0.15, 0.2) is 0 Å². The highest BCUT2D eigenvalue weighted by molar-refractivity contribution is 7.86. The Morgan fingerprint density at radius 1 is 0.912 bits per heavy atom. The summed E-state index contributed by atoms with van der Waals surface area (Å²) in [5.74, 6) is 1.53. The largest absolute Gasteiger partial charge is 0.378 e. The smallest absolute Gasteiger partial charge is 0.294 e. The maximum absolute atomic E-state index is 11.9. The van der Waals surface area contributed by atoms with Crippen molar-refractivity contribution < 1.29 is 30.7 Å². The number of ether oxygens (including phenoxy) is 1. The minimum absolute atomic E-state index is 0.113. The van der Waals surface area contributed by atoms with Gasteiger partial charge in [-0.1, -0.05) is 13.0 Å². The van der Waals surface area contributed by atoms with Crippen molar-refractivity contribution in [3.05, 3.63) is 47.5 Å². The Hall–Kier alpha value is -2.71. The van der Waals surface area contributed by atoms with Gasteiger partial charge in [0.1, 0.15) is 11.6 Å². The molecule has 2 N–H and O–H groups in total. The van der Waals surface area contributed by atoms with Gasteiger partial charge in [0.2, 0.25) is 5.95 Å². The van der Waals surface area contributed by atoms with E-state index in [4.69, 9.17) is 4.74 Å². The lowest BCUT2D eigenvalue weighted by atomic mass is 10.0. The Morgan fingerprint density at radius 2 is 1.56 bits per heavy atom. The number of benzene rings is 2. The van der Waals surface area contributed by atoms with Crippen LogP contribution in [0.3, 0.4) is 0 Å². The number of morpholine rings is 1. The highest BCUT2D eigenvalue weighted by atomic mass is 32.2. The monoisotopic (exact) mass is 508 g/mol. The predicted molar refractivity (Wildman–Crippen MR) is 123 cm³/mol. The van der Waals surface area contributed by atoms with E-state index in [1.54, 1.807) is 0 Å². The summed E-state index contributed by atoms with van der Waals surface area (Å²) in [6.45, 7) is 4.39. The van der Waals surface area contributed by atoms with E-state index < -0.39 is 30.0 Å². The highest BCUT2D eigenvalue weighted by Crippen LogP contribution is 2.28. The summed E-state index contributed by atoms with van der Waals surface area (Å²) in [6, 6.07) is 6.31. The molecule has 0 spiro atoms. The summed E-state index contributed by atoms with van der Waals surface area (Å²) >= 11 is 0. The third-order valence-electron chi connectivity index (χ3n) is 5.41. The first kappa shape index (κ1) is 24.4. The summed E-state index contributed by atoms with van der Waals surface area (Å²) in [5, 5.41) is 0.752. The topological polar surface area (TPSA) is 160 Å². The van der Waals surface area contributed by atoms with Gasteiger partial charge in [-0.2, -0.15) is 26.8 Å². The van der Waals surface area contributed by atoms with Crippen LogP contribution < -0.4 is 4.90 Å². The van der Waals surface area contributed by atoms with Gasteiger partial charge in [-0.05, 0) is 47.0 Å². The van der Waals surface area contributed by atoms with Crippen LogP contribution in [0.2, 0.25) is 0 Å². The number of anilines is 1. The molecule has 0 atom stereocenters. The van der Waals surface area contributed by atoms with Crippen molar-refractivity contribution in [2.24, 2.45) is 0 Å². The molecule has 34 heavy (non-hydrogen) atoms. The molecule has 0 unspecified atom stereocenters. The molecule has 13 heteroatoms. The Morgan fingerprint density at radius 3 is 2.21 bits per heavy atom. The molecule has 0 saturated carbocycles. The molecule has 11 nitrogen and oxygen atoms in total. The average Bonchev–Trinajstić information content (AvgIpc) is 2.78. The van der Waals surface area contributed by atoms with Gasteiger partial charge in [-0.25, -0.2) is 4.98 Å². The Kier molecular flexibility index (Phi) is 6.82. The molecule has 1 aliphatic heterocycles. The molecule has 1 fully saturated rings. The normalized spacial score (nSPS) is 15.1. The van der Waals surface area contributed by atoms with Crippen LogP contribution in [0.4, 0.5) is 5.95 Å². The van der Waals surface area contributed by atoms with Gasteiger partial charge in [0.25, 0.3) is 20.2 Å². The molecule has 0 amide bonds. The predicted octanol–water partition coefficient (Wildman–Crippen LogP) is 1.90. The zero-order valence-corrected chi connectivity index (χ0v) is 20.0. The molecule has 1 saturated heterocycles. The fourth-order valence-corrected chi connectivity index (χ4v) is 4.88. The lowest BCUT2D eigenvalue weighted by Crippen LogP contribution is -2.37. The second kappa shape index (κ2) is 9.50. The minimum Gasteiger partial charge on any atom is -0.378 e.